The molecular formula is C8H13N5O3. The number of nitro groups is 1. The smallest absolute Gasteiger partial charge is 0.343 e. The van der Waals surface area contributed by atoms with Crippen LogP contribution in [0.3, 0.4) is 0 Å². The Morgan fingerprint density at radius 3 is 2.94 bits per heavy atom. The van der Waals surface area contributed by atoms with E-state index in [1.54, 1.807) is 0 Å². The lowest BCUT2D eigenvalue weighted by atomic mass is 10.4. The molecule has 0 fully saturated rings. The van der Waals surface area contributed by atoms with Crippen molar-refractivity contribution in [1.29, 1.82) is 0 Å². The van der Waals surface area contributed by atoms with Gasteiger partial charge in [0.15, 0.2) is 0 Å². The molecule has 0 saturated carbocycles. The van der Waals surface area contributed by atoms with Crippen LogP contribution in [0.4, 0.5) is 5.82 Å². The molecule has 8 heteroatoms. The molecule has 0 saturated heterocycles. The molecular weight excluding hydrogens is 214 g/mol. The summed E-state index contributed by atoms with van der Waals surface area (Å²) in [6.45, 7) is 0.900. The Morgan fingerprint density at radius 2 is 2.44 bits per heavy atom. The van der Waals surface area contributed by atoms with Crippen molar-refractivity contribution < 1.29 is 9.72 Å². The van der Waals surface area contributed by atoms with Crippen LogP contribution in [0.25, 0.3) is 0 Å². The lowest BCUT2D eigenvalue weighted by molar-refractivity contribution is -0.391. The average molecular weight is 227 g/mol. The number of aromatic nitrogens is 2. The van der Waals surface area contributed by atoms with E-state index in [0.717, 1.165) is 10.8 Å². The molecule has 1 heterocycles. The molecule has 0 bridgehead atoms. The number of amides is 1. The van der Waals surface area contributed by atoms with Crippen LogP contribution in [0.5, 0.6) is 0 Å². The van der Waals surface area contributed by atoms with E-state index in [-0.39, 0.29) is 11.6 Å². The Balaban J connectivity index is 2.73. The van der Waals surface area contributed by atoms with E-state index in [1.807, 2.05) is 0 Å². The predicted molar refractivity (Wildman–Crippen MR) is 55.9 cm³/mol. The fourth-order valence-electron chi connectivity index (χ4n) is 1.16. The van der Waals surface area contributed by atoms with Gasteiger partial charge in [-0.3, -0.25) is 4.79 Å². The summed E-state index contributed by atoms with van der Waals surface area (Å²) in [5.74, 6) is -0.642. The molecule has 0 aliphatic carbocycles. The number of nitrogens with one attached hydrogen (secondary N) is 1. The Hall–Kier alpha value is -1.96. The molecule has 1 amide bonds. The summed E-state index contributed by atoms with van der Waals surface area (Å²) in [6.07, 6.45) is 1.70. The Labute approximate surface area is 91.6 Å². The van der Waals surface area contributed by atoms with E-state index in [2.05, 4.69) is 10.3 Å². The first-order valence-electron chi connectivity index (χ1n) is 4.72. The number of nitrogens with zero attached hydrogens (tertiary/aromatic N) is 3. The second kappa shape index (κ2) is 5.21. The molecule has 0 spiro atoms. The average Bonchev–Trinajstić information content (AvgIpc) is 2.60. The fraction of sp³-hybridized carbons (Fsp3) is 0.500. The van der Waals surface area contributed by atoms with Gasteiger partial charge in [0.25, 0.3) is 5.82 Å². The number of nitrogens with two attached hydrogens (primary N) is 1. The highest BCUT2D eigenvalue weighted by Gasteiger charge is 2.21. The molecule has 0 aliphatic rings. The standard InChI is InChI=1S/C8H13N5O3/c1-12-6(13(15)16)5-11-7(12)8(14)10-4-2-3-9/h5H,2-4,9H2,1H3,(H,10,14). The normalized spacial score (nSPS) is 10.1. The van der Waals surface area contributed by atoms with Gasteiger partial charge in [-0.25, -0.2) is 9.55 Å². The molecule has 1 rings (SSSR count). The van der Waals surface area contributed by atoms with E-state index in [0.29, 0.717) is 19.5 Å². The third-order valence-electron chi connectivity index (χ3n) is 2.02. The van der Waals surface area contributed by atoms with Crippen LogP contribution in [0.1, 0.15) is 17.0 Å². The van der Waals surface area contributed by atoms with Gasteiger partial charge in [-0.15, -0.1) is 0 Å². The van der Waals surface area contributed by atoms with Crippen molar-refractivity contribution in [1.82, 2.24) is 14.9 Å². The largest absolute Gasteiger partial charge is 0.358 e. The molecule has 8 nitrogen and oxygen atoms in total. The molecule has 0 radical (unpaired) electrons. The maximum Gasteiger partial charge on any atom is 0.343 e. The van der Waals surface area contributed by atoms with Crippen molar-refractivity contribution in [2.24, 2.45) is 12.8 Å². The van der Waals surface area contributed by atoms with Crippen molar-refractivity contribution >= 4 is 11.7 Å². The Bertz CT molecular complexity index is 400. The number of hydrogen-bond donors (Lipinski definition) is 2. The lowest BCUT2D eigenvalue weighted by Crippen LogP contribution is -2.28. The van der Waals surface area contributed by atoms with Gasteiger partial charge in [0, 0.05) is 6.54 Å². The Kier molecular flexibility index (Phi) is 3.95. The predicted octanol–water partition coefficient (Wildman–Crippen LogP) is -0.593. The van der Waals surface area contributed by atoms with Crippen molar-refractivity contribution in [3.8, 4) is 0 Å². The zero-order valence-electron chi connectivity index (χ0n) is 8.84. The first-order valence-corrected chi connectivity index (χ1v) is 4.72. The molecule has 88 valence electrons. The molecule has 0 unspecified atom stereocenters. The first kappa shape index (κ1) is 12.1. The van der Waals surface area contributed by atoms with Crippen molar-refractivity contribution in [2.45, 2.75) is 6.42 Å². The maximum atomic E-state index is 11.5. The van der Waals surface area contributed by atoms with Crippen molar-refractivity contribution in [3.63, 3.8) is 0 Å². The third kappa shape index (κ3) is 2.54. The monoisotopic (exact) mass is 227 g/mol. The van der Waals surface area contributed by atoms with Gasteiger partial charge < -0.3 is 21.2 Å². The number of carbonyl (C=O) groups is 1. The molecule has 0 aliphatic heterocycles. The third-order valence-corrected chi connectivity index (χ3v) is 2.02. The molecule has 1 aromatic heterocycles. The number of rotatable bonds is 5. The van der Waals surface area contributed by atoms with Gasteiger partial charge in [0.05, 0.1) is 7.05 Å². The van der Waals surface area contributed by atoms with Crippen LogP contribution in [0.2, 0.25) is 0 Å². The highest BCUT2D eigenvalue weighted by molar-refractivity contribution is 5.91. The first-order chi connectivity index (χ1) is 7.57. The number of hydrogen-bond acceptors (Lipinski definition) is 5. The second-order valence-electron chi connectivity index (χ2n) is 3.15. The Morgan fingerprint density at radius 1 is 1.75 bits per heavy atom. The summed E-state index contributed by atoms with van der Waals surface area (Å²) in [7, 11) is 1.42. The van der Waals surface area contributed by atoms with E-state index in [1.165, 1.54) is 7.05 Å². The van der Waals surface area contributed by atoms with Crippen LogP contribution >= 0.6 is 0 Å². The summed E-state index contributed by atoms with van der Waals surface area (Å²) in [5, 5.41) is 13.1. The SMILES string of the molecule is Cn1c([N+](=O)[O-])cnc1C(=O)NCCCN. The maximum absolute atomic E-state index is 11.5. The van der Waals surface area contributed by atoms with Gasteiger partial charge in [-0.1, -0.05) is 0 Å². The van der Waals surface area contributed by atoms with Gasteiger partial charge >= 0.3 is 11.7 Å². The van der Waals surface area contributed by atoms with E-state index >= 15 is 0 Å². The topological polar surface area (TPSA) is 116 Å². The molecule has 16 heavy (non-hydrogen) atoms. The minimum Gasteiger partial charge on any atom is -0.358 e. The minimum absolute atomic E-state index is 0.0173. The van der Waals surface area contributed by atoms with E-state index in [9.17, 15) is 14.9 Å². The summed E-state index contributed by atoms with van der Waals surface area (Å²) < 4.78 is 1.14. The van der Waals surface area contributed by atoms with Crippen molar-refractivity contribution in [3.05, 3.63) is 22.1 Å². The molecule has 3 N–H and O–H groups in total. The summed E-state index contributed by atoms with van der Waals surface area (Å²) in [5.41, 5.74) is 5.27. The van der Waals surface area contributed by atoms with Gasteiger partial charge in [-0.05, 0) is 17.9 Å². The quantitative estimate of drug-likeness (QED) is 0.396. The van der Waals surface area contributed by atoms with Crippen LogP contribution in [0, 0.1) is 10.1 Å². The highest BCUT2D eigenvalue weighted by atomic mass is 16.6. The van der Waals surface area contributed by atoms with Crippen LogP contribution in [-0.4, -0.2) is 33.5 Å². The zero-order valence-corrected chi connectivity index (χ0v) is 8.84. The molecule has 0 aromatic carbocycles. The van der Waals surface area contributed by atoms with Crippen molar-refractivity contribution in [2.75, 3.05) is 13.1 Å². The summed E-state index contributed by atoms with van der Waals surface area (Å²) in [4.78, 5) is 25.1. The minimum atomic E-state index is -0.594. The molecule has 0 atom stereocenters. The van der Waals surface area contributed by atoms with Gasteiger partial charge in [0.2, 0.25) is 0 Å². The van der Waals surface area contributed by atoms with Gasteiger partial charge in [0.1, 0.15) is 6.20 Å². The number of imidazole rings is 1. The second-order valence-corrected chi connectivity index (χ2v) is 3.15. The summed E-state index contributed by atoms with van der Waals surface area (Å²) >= 11 is 0. The zero-order chi connectivity index (χ0) is 12.1. The van der Waals surface area contributed by atoms with Gasteiger partial charge in [-0.2, -0.15) is 0 Å². The fourth-order valence-corrected chi connectivity index (χ4v) is 1.16. The van der Waals surface area contributed by atoms with Crippen LogP contribution in [-0.2, 0) is 7.05 Å². The number of carbonyl (C=O) groups excluding carboxylic acids is 1. The van der Waals surface area contributed by atoms with E-state index < -0.39 is 10.8 Å². The van der Waals surface area contributed by atoms with Crippen LogP contribution in [0.15, 0.2) is 6.20 Å². The lowest BCUT2D eigenvalue weighted by Gasteiger charge is -2.01. The van der Waals surface area contributed by atoms with Crippen LogP contribution < -0.4 is 11.1 Å². The highest BCUT2D eigenvalue weighted by Crippen LogP contribution is 2.11. The molecule has 1 aromatic rings. The van der Waals surface area contributed by atoms with E-state index in [4.69, 9.17) is 5.73 Å². The summed E-state index contributed by atoms with van der Waals surface area (Å²) in [6, 6.07) is 0.